The number of carbonyl (C=O) groups is 3. The van der Waals surface area contributed by atoms with Crippen molar-refractivity contribution < 1.29 is 33.7 Å². The first-order valence-electron chi connectivity index (χ1n) is 17.4. The van der Waals surface area contributed by atoms with E-state index < -0.39 is 29.1 Å². The van der Waals surface area contributed by atoms with Gasteiger partial charge in [0.05, 0.1) is 31.2 Å². The molecule has 5 rings (SSSR count). The molecule has 3 aliphatic heterocycles. The predicted molar refractivity (Wildman–Crippen MR) is 190 cm³/mol. The van der Waals surface area contributed by atoms with Crippen LogP contribution in [0.4, 0.5) is 11.4 Å². The Bertz CT molecular complexity index is 1510. The molecule has 1 N–H and O–H groups in total. The van der Waals surface area contributed by atoms with Crippen LogP contribution in [-0.4, -0.2) is 84.9 Å². The fraction of sp³-hybridized carbons (Fsp3) is 0.513. The van der Waals surface area contributed by atoms with E-state index in [1.165, 1.54) is 0 Å². The number of hydrogen-bond donors (Lipinski definition) is 1. The summed E-state index contributed by atoms with van der Waals surface area (Å²) in [6.45, 7) is 15.2. The molecule has 3 fully saturated rings. The van der Waals surface area contributed by atoms with Gasteiger partial charge in [-0.3, -0.25) is 14.4 Å². The molecule has 0 radical (unpaired) electrons. The van der Waals surface area contributed by atoms with E-state index in [0.29, 0.717) is 55.3 Å². The SMILES string of the molecule is C=CCN(C(=O)C1N(CCCCCCO)C(=O)[C@@H]2[C@@H](C(=O)N(CC=C)c3ccc(OCC)cc3)[C@]3(C)OC12CC3C)c1ccc(OC)cc1. The van der Waals surface area contributed by atoms with Crippen LogP contribution in [0.1, 0.15) is 52.9 Å². The summed E-state index contributed by atoms with van der Waals surface area (Å²) >= 11 is 0. The smallest absolute Gasteiger partial charge is 0.253 e. The number of nitrogens with zero attached hydrogens (tertiary/aromatic N) is 3. The Morgan fingerprint density at radius 1 is 0.959 bits per heavy atom. The fourth-order valence-corrected chi connectivity index (χ4v) is 8.25. The number of anilines is 2. The molecule has 3 unspecified atom stereocenters. The molecule has 2 aromatic carbocycles. The average molecular weight is 674 g/mol. The Kier molecular flexibility index (Phi) is 11.2. The first kappa shape index (κ1) is 36.1. The highest BCUT2D eigenvalue weighted by Crippen LogP contribution is 2.65. The van der Waals surface area contributed by atoms with Crippen molar-refractivity contribution in [1.82, 2.24) is 4.90 Å². The van der Waals surface area contributed by atoms with E-state index in [-0.39, 0.29) is 43.3 Å². The highest BCUT2D eigenvalue weighted by atomic mass is 16.5. The molecule has 10 nitrogen and oxygen atoms in total. The van der Waals surface area contributed by atoms with Crippen molar-refractivity contribution >= 4 is 29.1 Å². The molecule has 0 aliphatic carbocycles. The Morgan fingerprint density at radius 2 is 1.53 bits per heavy atom. The predicted octanol–water partition coefficient (Wildman–Crippen LogP) is 5.40. The highest BCUT2D eigenvalue weighted by molar-refractivity contribution is 6.07. The third-order valence-corrected chi connectivity index (χ3v) is 10.6. The number of benzene rings is 2. The topological polar surface area (TPSA) is 109 Å². The molecule has 0 aromatic heterocycles. The molecule has 6 atom stereocenters. The van der Waals surface area contributed by atoms with Gasteiger partial charge in [-0.1, -0.05) is 31.9 Å². The lowest BCUT2D eigenvalue weighted by molar-refractivity contribution is -0.145. The first-order valence-corrected chi connectivity index (χ1v) is 17.4. The number of hydrogen-bond acceptors (Lipinski definition) is 7. The van der Waals surface area contributed by atoms with Crippen molar-refractivity contribution in [3.8, 4) is 11.5 Å². The van der Waals surface area contributed by atoms with Gasteiger partial charge in [-0.15, -0.1) is 13.2 Å². The van der Waals surface area contributed by atoms with E-state index >= 15 is 0 Å². The number of unbranched alkanes of at least 4 members (excludes halogenated alkanes) is 3. The second-order valence-electron chi connectivity index (χ2n) is 13.5. The molecular weight excluding hydrogens is 622 g/mol. The summed E-state index contributed by atoms with van der Waals surface area (Å²) in [4.78, 5) is 49.6. The lowest BCUT2D eigenvalue weighted by Gasteiger charge is -2.39. The minimum Gasteiger partial charge on any atom is -0.497 e. The number of methoxy groups -OCH3 is 1. The maximum Gasteiger partial charge on any atom is 0.253 e. The minimum atomic E-state index is -1.20. The standard InChI is InChI=1S/C39H51N3O7/c1-7-22-40(28-16-20-31(21-17-28)48-9-3)35(44)32-33-36(45)42(24-12-10-11-13-25-43)34(39(33)26-27(4)38(32,5)49-39)37(46)41(23-8-2)29-14-18-30(47-6)19-15-29/h7-8,14-21,27,32-34,43H,1-2,9-13,22-26H2,3-6H3/t27?,32-,33-,34?,38+,39?/m0/s1. The van der Waals surface area contributed by atoms with Crippen molar-refractivity contribution in [1.29, 1.82) is 0 Å². The molecule has 3 heterocycles. The van der Waals surface area contributed by atoms with Crippen LogP contribution >= 0.6 is 0 Å². The summed E-state index contributed by atoms with van der Waals surface area (Å²) in [5, 5.41) is 9.30. The Balaban J connectivity index is 1.56. The number of rotatable bonds is 17. The van der Waals surface area contributed by atoms with E-state index in [1.807, 2.05) is 50.2 Å². The molecule has 3 amide bonds. The van der Waals surface area contributed by atoms with Gasteiger partial charge in [-0.2, -0.15) is 0 Å². The summed E-state index contributed by atoms with van der Waals surface area (Å²) in [5.41, 5.74) is -0.861. The largest absolute Gasteiger partial charge is 0.497 e. The van der Waals surface area contributed by atoms with Gasteiger partial charge in [0.1, 0.15) is 23.1 Å². The van der Waals surface area contributed by atoms with Gasteiger partial charge in [-0.05, 0) is 87.6 Å². The van der Waals surface area contributed by atoms with Gasteiger partial charge < -0.3 is 34.0 Å². The van der Waals surface area contributed by atoms with Crippen LogP contribution in [0.25, 0.3) is 0 Å². The third kappa shape index (κ3) is 6.48. The van der Waals surface area contributed by atoms with Gasteiger partial charge in [0, 0.05) is 37.6 Å². The van der Waals surface area contributed by atoms with Crippen molar-refractivity contribution in [2.45, 2.75) is 70.1 Å². The number of ether oxygens (including phenoxy) is 3. The van der Waals surface area contributed by atoms with Gasteiger partial charge >= 0.3 is 0 Å². The summed E-state index contributed by atoms with van der Waals surface area (Å²) in [6, 6.07) is 13.6. The zero-order chi connectivity index (χ0) is 35.3. The molecule has 3 saturated heterocycles. The van der Waals surface area contributed by atoms with Crippen molar-refractivity contribution in [3.05, 3.63) is 73.8 Å². The summed E-state index contributed by atoms with van der Waals surface area (Å²) in [6.07, 6.45) is 6.74. The van der Waals surface area contributed by atoms with Crippen LogP contribution in [0.2, 0.25) is 0 Å². The number of aliphatic hydroxyl groups excluding tert-OH is 1. The monoisotopic (exact) mass is 673 g/mol. The molecule has 49 heavy (non-hydrogen) atoms. The van der Waals surface area contributed by atoms with Crippen LogP contribution in [0.15, 0.2) is 73.8 Å². The normalized spacial score (nSPS) is 26.7. The van der Waals surface area contributed by atoms with E-state index in [0.717, 1.165) is 12.8 Å². The Hall–Kier alpha value is -4.15. The second-order valence-corrected chi connectivity index (χ2v) is 13.5. The highest BCUT2D eigenvalue weighted by Gasteiger charge is 2.80. The lowest BCUT2D eigenvalue weighted by atomic mass is 9.62. The van der Waals surface area contributed by atoms with Gasteiger partial charge in [-0.25, -0.2) is 0 Å². The fourth-order valence-electron chi connectivity index (χ4n) is 8.25. The number of amides is 3. The average Bonchev–Trinajstić information content (AvgIpc) is 3.62. The molecule has 2 bridgehead atoms. The maximum absolute atomic E-state index is 15.0. The number of likely N-dealkylation sites (tertiary alicyclic amines) is 1. The molecule has 3 aliphatic rings. The quantitative estimate of drug-likeness (QED) is 0.177. The van der Waals surface area contributed by atoms with E-state index in [1.54, 1.807) is 46.1 Å². The number of fused-ring (bicyclic) bond motifs is 1. The van der Waals surface area contributed by atoms with Gasteiger partial charge in [0.25, 0.3) is 5.91 Å². The molecule has 0 saturated carbocycles. The van der Waals surface area contributed by atoms with Crippen LogP contribution in [0.5, 0.6) is 11.5 Å². The maximum atomic E-state index is 15.0. The molecular formula is C39H51N3O7. The van der Waals surface area contributed by atoms with Crippen LogP contribution < -0.4 is 19.3 Å². The van der Waals surface area contributed by atoms with Gasteiger partial charge in [0.15, 0.2) is 0 Å². The van der Waals surface area contributed by atoms with Crippen molar-refractivity contribution in [2.75, 3.05) is 49.8 Å². The summed E-state index contributed by atoms with van der Waals surface area (Å²) in [7, 11) is 1.59. The number of carbonyl (C=O) groups excluding carboxylic acids is 3. The zero-order valence-corrected chi connectivity index (χ0v) is 29.3. The summed E-state index contributed by atoms with van der Waals surface area (Å²) in [5.74, 6) is -1.14. The van der Waals surface area contributed by atoms with Gasteiger partial charge in [0.2, 0.25) is 11.8 Å². The molecule has 264 valence electrons. The zero-order valence-electron chi connectivity index (χ0n) is 29.3. The molecule has 2 aromatic rings. The second kappa shape index (κ2) is 15.2. The van der Waals surface area contributed by atoms with Crippen LogP contribution in [0, 0.1) is 17.8 Å². The minimum absolute atomic E-state index is 0.106. The number of aliphatic hydroxyl groups is 1. The van der Waals surface area contributed by atoms with E-state index in [4.69, 9.17) is 14.2 Å². The first-order chi connectivity index (χ1) is 23.6. The Labute approximate surface area is 290 Å². The van der Waals surface area contributed by atoms with Crippen LogP contribution in [0.3, 0.4) is 0 Å². The molecule has 1 spiro atoms. The third-order valence-electron chi connectivity index (χ3n) is 10.6. The van der Waals surface area contributed by atoms with Crippen LogP contribution in [-0.2, 0) is 19.1 Å². The van der Waals surface area contributed by atoms with Crippen molar-refractivity contribution in [3.63, 3.8) is 0 Å². The van der Waals surface area contributed by atoms with E-state index in [2.05, 4.69) is 20.1 Å². The van der Waals surface area contributed by atoms with Crippen molar-refractivity contribution in [2.24, 2.45) is 17.8 Å². The summed E-state index contributed by atoms with van der Waals surface area (Å²) < 4.78 is 18.0. The Morgan fingerprint density at radius 3 is 2.08 bits per heavy atom. The molecule has 10 heteroatoms. The van der Waals surface area contributed by atoms with E-state index in [9.17, 15) is 19.5 Å². The lowest BCUT2D eigenvalue weighted by Crippen LogP contribution is -2.57.